The monoisotopic (exact) mass is 603 g/mol. The first-order valence-electron chi connectivity index (χ1n) is 14.5. The molecule has 1 aromatic carbocycles. The van der Waals surface area contributed by atoms with Crippen molar-refractivity contribution in [3.05, 3.63) is 59.8 Å². The average Bonchev–Trinajstić information content (AvgIpc) is 3.65. The lowest BCUT2D eigenvalue weighted by molar-refractivity contribution is -0.135. The lowest BCUT2D eigenvalue weighted by Gasteiger charge is -2.36. The van der Waals surface area contributed by atoms with Gasteiger partial charge in [-0.2, -0.15) is 5.10 Å². The highest BCUT2D eigenvalue weighted by Gasteiger charge is 2.29. The summed E-state index contributed by atoms with van der Waals surface area (Å²) in [6.45, 7) is 7.62. The summed E-state index contributed by atoms with van der Waals surface area (Å²) >= 11 is 0. The number of nitrogens with two attached hydrogens (primary N) is 1. The summed E-state index contributed by atoms with van der Waals surface area (Å²) < 4.78 is 30.6. The zero-order valence-corrected chi connectivity index (χ0v) is 24.9. The van der Waals surface area contributed by atoms with E-state index in [-0.39, 0.29) is 35.5 Å². The normalized spacial score (nSPS) is 14.3. The third-order valence-corrected chi connectivity index (χ3v) is 7.82. The maximum Gasteiger partial charge on any atom is 0.282 e. The SMILES string of the molecule is C#CCn1cc(-c2cnc3c(Nc4ccc(C(=O)N5CCN(C(=O)[C@H](N)C(C)C)CC5)c(CC)c4)nccn23)c(C(F)F)n1. The molecule has 44 heavy (non-hydrogen) atoms. The molecular weight excluding hydrogens is 568 g/mol. The number of alkyl halides is 2. The topological polar surface area (TPSA) is 127 Å². The molecule has 0 unspecified atom stereocenters. The minimum Gasteiger partial charge on any atom is -0.338 e. The van der Waals surface area contributed by atoms with Gasteiger partial charge in [-0.1, -0.05) is 26.7 Å². The van der Waals surface area contributed by atoms with Crippen LogP contribution in [-0.2, 0) is 17.8 Å². The van der Waals surface area contributed by atoms with Gasteiger partial charge in [-0.05, 0) is 36.1 Å². The van der Waals surface area contributed by atoms with Crippen molar-refractivity contribution in [3.63, 3.8) is 0 Å². The molecule has 0 spiro atoms. The van der Waals surface area contributed by atoms with Crippen molar-refractivity contribution in [2.24, 2.45) is 11.7 Å². The Morgan fingerprint density at radius 2 is 1.86 bits per heavy atom. The molecule has 4 heterocycles. The van der Waals surface area contributed by atoms with Gasteiger partial charge in [-0.25, -0.2) is 18.7 Å². The Balaban J connectivity index is 1.34. The fourth-order valence-electron chi connectivity index (χ4n) is 5.28. The van der Waals surface area contributed by atoms with Gasteiger partial charge in [0.15, 0.2) is 11.5 Å². The number of hydrogen-bond acceptors (Lipinski definition) is 7. The van der Waals surface area contributed by atoms with Crippen LogP contribution in [0.1, 0.15) is 48.8 Å². The number of nitrogens with zero attached hydrogens (tertiary/aromatic N) is 7. The summed E-state index contributed by atoms with van der Waals surface area (Å²) in [5, 5.41) is 7.21. The molecule has 1 aliphatic rings. The summed E-state index contributed by atoms with van der Waals surface area (Å²) in [5.74, 6) is 2.68. The van der Waals surface area contributed by atoms with Crippen LogP contribution in [0.2, 0.25) is 0 Å². The van der Waals surface area contributed by atoms with Gasteiger partial charge in [-0.3, -0.25) is 18.7 Å². The first kappa shape index (κ1) is 30.6. The Bertz CT molecular complexity index is 1710. The van der Waals surface area contributed by atoms with E-state index in [2.05, 4.69) is 26.3 Å². The van der Waals surface area contributed by atoms with E-state index < -0.39 is 12.5 Å². The number of rotatable bonds is 9. The molecule has 230 valence electrons. The van der Waals surface area contributed by atoms with Crippen molar-refractivity contribution < 1.29 is 18.4 Å². The predicted molar refractivity (Wildman–Crippen MR) is 162 cm³/mol. The van der Waals surface area contributed by atoms with Gasteiger partial charge >= 0.3 is 0 Å². The lowest BCUT2D eigenvalue weighted by atomic mass is 10.0. The predicted octanol–water partition coefficient (Wildman–Crippen LogP) is 3.74. The molecule has 4 aromatic rings. The van der Waals surface area contributed by atoms with E-state index in [4.69, 9.17) is 12.2 Å². The van der Waals surface area contributed by atoms with Gasteiger partial charge in [0, 0.05) is 61.6 Å². The molecule has 0 radical (unpaired) electrons. The lowest BCUT2D eigenvalue weighted by Crippen LogP contribution is -2.55. The number of carbonyl (C=O) groups is 2. The molecule has 1 aliphatic heterocycles. The van der Waals surface area contributed by atoms with Crippen molar-refractivity contribution in [1.82, 2.24) is 33.9 Å². The van der Waals surface area contributed by atoms with E-state index in [9.17, 15) is 18.4 Å². The molecular formula is C31H35F2N9O2. The first-order chi connectivity index (χ1) is 21.1. The van der Waals surface area contributed by atoms with Gasteiger partial charge in [0.05, 0.1) is 17.9 Å². The number of piperazine rings is 1. The van der Waals surface area contributed by atoms with Gasteiger partial charge in [0.25, 0.3) is 12.3 Å². The summed E-state index contributed by atoms with van der Waals surface area (Å²) in [6.07, 6.45) is 9.33. The standard InChI is InChI=1S/C31H35F2N9O2/c1-5-10-41-18-23(26(38-41)27(32)33)24-17-36-29-28(35-9-11-42(24)29)37-21-7-8-22(20(6-2)16-21)30(43)39-12-14-40(15-13-39)31(44)25(34)19(3)4/h1,7-9,11,16-19,25,27H,6,10,12-15,34H2,2-4H3,(H,35,37)/t25-/m1/s1. The fraction of sp³-hybridized carbons (Fsp3) is 0.387. The molecule has 2 amide bonds. The highest BCUT2D eigenvalue weighted by atomic mass is 19.3. The number of aromatic nitrogens is 5. The third kappa shape index (κ3) is 5.98. The van der Waals surface area contributed by atoms with Gasteiger partial charge < -0.3 is 20.9 Å². The molecule has 0 saturated carbocycles. The Morgan fingerprint density at radius 1 is 1.14 bits per heavy atom. The van der Waals surface area contributed by atoms with E-state index >= 15 is 0 Å². The van der Waals surface area contributed by atoms with E-state index in [1.165, 1.54) is 17.1 Å². The number of fused-ring (bicyclic) bond motifs is 1. The van der Waals surface area contributed by atoms with Crippen LogP contribution >= 0.6 is 0 Å². The zero-order valence-electron chi connectivity index (χ0n) is 24.9. The Morgan fingerprint density at radius 3 is 2.52 bits per heavy atom. The zero-order chi connectivity index (χ0) is 31.5. The molecule has 0 bridgehead atoms. The summed E-state index contributed by atoms with van der Waals surface area (Å²) in [5.41, 5.74) is 8.87. The Labute approximate surface area is 254 Å². The third-order valence-electron chi connectivity index (χ3n) is 7.82. The number of benzene rings is 1. The average molecular weight is 604 g/mol. The number of hydrogen-bond donors (Lipinski definition) is 2. The first-order valence-corrected chi connectivity index (χ1v) is 14.5. The van der Waals surface area contributed by atoms with E-state index in [1.54, 1.807) is 38.7 Å². The molecule has 3 N–H and O–H groups in total. The number of imidazole rings is 1. The number of anilines is 2. The van der Waals surface area contributed by atoms with Crippen LogP contribution in [0.15, 0.2) is 43.0 Å². The van der Waals surface area contributed by atoms with Crippen LogP contribution in [0.5, 0.6) is 0 Å². The quantitative estimate of drug-likeness (QED) is 0.279. The van der Waals surface area contributed by atoms with Crippen molar-refractivity contribution in [3.8, 4) is 23.6 Å². The van der Waals surface area contributed by atoms with Crippen LogP contribution in [-0.4, -0.2) is 78.0 Å². The van der Waals surface area contributed by atoms with E-state index in [1.807, 2.05) is 26.8 Å². The molecule has 11 nitrogen and oxygen atoms in total. The van der Waals surface area contributed by atoms with Crippen molar-refractivity contribution >= 4 is 29.0 Å². The molecule has 0 aliphatic carbocycles. The van der Waals surface area contributed by atoms with Crippen LogP contribution in [0.3, 0.4) is 0 Å². The number of nitrogens with one attached hydrogen (secondary N) is 1. The second kappa shape index (κ2) is 12.8. The Hall–Kier alpha value is -4.83. The second-order valence-electron chi connectivity index (χ2n) is 11.0. The highest BCUT2D eigenvalue weighted by Crippen LogP contribution is 2.32. The second-order valence-corrected chi connectivity index (χ2v) is 11.0. The molecule has 1 saturated heterocycles. The van der Waals surface area contributed by atoms with Crippen molar-refractivity contribution in [2.45, 2.75) is 46.2 Å². The largest absolute Gasteiger partial charge is 0.338 e. The van der Waals surface area contributed by atoms with E-state index in [0.29, 0.717) is 61.0 Å². The molecule has 5 rings (SSSR count). The van der Waals surface area contributed by atoms with Crippen molar-refractivity contribution in [1.29, 1.82) is 0 Å². The molecule has 1 atom stereocenters. The molecule has 3 aromatic heterocycles. The number of halogens is 2. The molecule has 13 heteroatoms. The minimum atomic E-state index is -2.79. The van der Waals surface area contributed by atoms with Gasteiger partial charge in [0.1, 0.15) is 12.2 Å². The van der Waals surface area contributed by atoms with E-state index in [0.717, 1.165) is 5.56 Å². The molecule has 1 fully saturated rings. The number of aryl methyl sites for hydroxylation is 1. The summed E-state index contributed by atoms with van der Waals surface area (Å²) in [4.78, 5) is 38.5. The fourth-order valence-corrected chi connectivity index (χ4v) is 5.28. The van der Waals surface area contributed by atoms with Crippen LogP contribution in [0.4, 0.5) is 20.3 Å². The number of terminal acetylenes is 1. The maximum absolute atomic E-state index is 13.8. The highest BCUT2D eigenvalue weighted by molar-refractivity contribution is 5.96. The van der Waals surface area contributed by atoms with Crippen LogP contribution in [0, 0.1) is 18.3 Å². The van der Waals surface area contributed by atoms with Crippen LogP contribution < -0.4 is 11.1 Å². The Kier molecular flexibility index (Phi) is 8.91. The maximum atomic E-state index is 13.8. The summed E-state index contributed by atoms with van der Waals surface area (Å²) in [6, 6.07) is 4.91. The smallest absolute Gasteiger partial charge is 0.282 e. The van der Waals surface area contributed by atoms with Crippen LogP contribution in [0.25, 0.3) is 16.9 Å². The summed E-state index contributed by atoms with van der Waals surface area (Å²) in [7, 11) is 0. The van der Waals surface area contributed by atoms with Gasteiger partial charge in [0.2, 0.25) is 5.91 Å². The van der Waals surface area contributed by atoms with Crippen molar-refractivity contribution in [2.75, 3.05) is 31.5 Å². The number of carbonyl (C=O) groups excluding carboxylic acids is 2. The van der Waals surface area contributed by atoms with Gasteiger partial charge in [-0.15, -0.1) is 6.42 Å². The number of amides is 2. The minimum absolute atomic E-state index is 0.0433.